The van der Waals surface area contributed by atoms with Crippen LogP contribution in [0.25, 0.3) is 11.1 Å². The third-order valence-electron chi connectivity index (χ3n) is 2.29. The van der Waals surface area contributed by atoms with E-state index in [2.05, 4.69) is 23.7 Å². The SMILES string of the molecule is CSc1cccc(-c2cnoc2N)c1SC. The van der Waals surface area contributed by atoms with Crippen molar-refractivity contribution in [1.82, 2.24) is 5.16 Å². The second kappa shape index (κ2) is 4.84. The van der Waals surface area contributed by atoms with Gasteiger partial charge in [0.1, 0.15) is 0 Å². The van der Waals surface area contributed by atoms with E-state index in [1.54, 1.807) is 29.7 Å². The molecule has 5 heteroatoms. The van der Waals surface area contributed by atoms with Crippen LogP contribution in [-0.2, 0) is 0 Å². The van der Waals surface area contributed by atoms with Gasteiger partial charge in [-0.1, -0.05) is 17.3 Å². The zero-order valence-electron chi connectivity index (χ0n) is 9.06. The van der Waals surface area contributed by atoms with Gasteiger partial charge in [0, 0.05) is 15.4 Å². The summed E-state index contributed by atoms with van der Waals surface area (Å²) in [5.74, 6) is 0.369. The average Bonchev–Trinajstić information content (AvgIpc) is 2.74. The highest BCUT2D eigenvalue weighted by atomic mass is 32.2. The molecule has 2 aromatic rings. The van der Waals surface area contributed by atoms with Crippen molar-refractivity contribution < 1.29 is 4.52 Å². The Labute approximate surface area is 103 Å². The van der Waals surface area contributed by atoms with Crippen molar-refractivity contribution in [3.05, 3.63) is 24.4 Å². The number of nitrogens with zero attached hydrogens (tertiary/aromatic N) is 1. The van der Waals surface area contributed by atoms with Gasteiger partial charge in [0.15, 0.2) is 0 Å². The normalized spacial score (nSPS) is 10.6. The van der Waals surface area contributed by atoms with Crippen LogP contribution in [0.3, 0.4) is 0 Å². The van der Waals surface area contributed by atoms with Gasteiger partial charge >= 0.3 is 0 Å². The fourth-order valence-electron chi connectivity index (χ4n) is 1.55. The van der Waals surface area contributed by atoms with Gasteiger partial charge in [-0.05, 0) is 18.6 Å². The number of rotatable bonds is 3. The summed E-state index contributed by atoms with van der Waals surface area (Å²) in [6, 6.07) is 6.16. The molecule has 0 amide bonds. The highest BCUT2D eigenvalue weighted by Gasteiger charge is 2.13. The number of hydrogen-bond acceptors (Lipinski definition) is 5. The molecule has 84 valence electrons. The molecule has 0 fully saturated rings. The first-order valence-electron chi connectivity index (χ1n) is 4.69. The van der Waals surface area contributed by atoms with Crippen LogP contribution in [0.4, 0.5) is 5.88 Å². The first-order valence-corrected chi connectivity index (χ1v) is 7.14. The van der Waals surface area contributed by atoms with Crippen molar-refractivity contribution in [3.8, 4) is 11.1 Å². The lowest BCUT2D eigenvalue weighted by Crippen LogP contribution is -1.88. The molecule has 0 aliphatic carbocycles. The molecule has 0 aliphatic heterocycles. The summed E-state index contributed by atoms with van der Waals surface area (Å²) in [5.41, 5.74) is 7.69. The number of benzene rings is 1. The highest BCUT2D eigenvalue weighted by Crippen LogP contribution is 2.38. The van der Waals surface area contributed by atoms with E-state index in [1.807, 2.05) is 12.1 Å². The van der Waals surface area contributed by atoms with E-state index in [0.29, 0.717) is 5.88 Å². The maximum Gasteiger partial charge on any atom is 0.229 e. The van der Waals surface area contributed by atoms with Crippen molar-refractivity contribution in [1.29, 1.82) is 0 Å². The van der Waals surface area contributed by atoms with E-state index in [1.165, 1.54) is 9.79 Å². The molecule has 2 N–H and O–H groups in total. The summed E-state index contributed by atoms with van der Waals surface area (Å²) in [6.07, 6.45) is 5.78. The average molecular weight is 252 g/mol. The number of thioether (sulfide) groups is 2. The molecule has 0 spiro atoms. The summed E-state index contributed by atoms with van der Waals surface area (Å²) in [6.45, 7) is 0. The monoisotopic (exact) mass is 252 g/mol. The molecule has 3 nitrogen and oxygen atoms in total. The molecule has 0 radical (unpaired) electrons. The lowest BCUT2D eigenvalue weighted by atomic mass is 10.1. The second-order valence-electron chi connectivity index (χ2n) is 3.14. The largest absolute Gasteiger partial charge is 0.367 e. The van der Waals surface area contributed by atoms with E-state index in [-0.39, 0.29) is 0 Å². The molecule has 1 aromatic heterocycles. The van der Waals surface area contributed by atoms with Gasteiger partial charge in [-0.15, -0.1) is 23.5 Å². The first kappa shape index (κ1) is 11.4. The fraction of sp³-hybridized carbons (Fsp3) is 0.182. The maximum atomic E-state index is 5.74. The van der Waals surface area contributed by atoms with E-state index < -0.39 is 0 Å². The van der Waals surface area contributed by atoms with Crippen LogP contribution in [0.1, 0.15) is 0 Å². The smallest absolute Gasteiger partial charge is 0.229 e. The van der Waals surface area contributed by atoms with Gasteiger partial charge in [-0.25, -0.2) is 0 Å². The van der Waals surface area contributed by atoms with Crippen LogP contribution < -0.4 is 5.73 Å². The van der Waals surface area contributed by atoms with Gasteiger partial charge in [-0.2, -0.15) is 0 Å². The summed E-state index contributed by atoms with van der Waals surface area (Å²) < 4.78 is 4.90. The van der Waals surface area contributed by atoms with Crippen molar-refractivity contribution in [2.45, 2.75) is 9.79 Å². The molecular formula is C11H12N2OS2. The summed E-state index contributed by atoms with van der Waals surface area (Å²) in [4.78, 5) is 2.45. The van der Waals surface area contributed by atoms with Crippen LogP contribution in [0.15, 0.2) is 38.7 Å². The molecule has 0 bridgehead atoms. The zero-order chi connectivity index (χ0) is 11.5. The molecular weight excluding hydrogens is 240 g/mol. The predicted molar refractivity (Wildman–Crippen MR) is 69.9 cm³/mol. The molecule has 1 heterocycles. The second-order valence-corrected chi connectivity index (χ2v) is 4.81. The third kappa shape index (κ3) is 1.92. The minimum absolute atomic E-state index is 0.369. The molecule has 0 unspecified atom stereocenters. The summed E-state index contributed by atoms with van der Waals surface area (Å²) >= 11 is 3.43. The maximum absolute atomic E-state index is 5.74. The van der Waals surface area contributed by atoms with Gasteiger partial charge in [0.25, 0.3) is 0 Å². The number of aromatic nitrogens is 1. The van der Waals surface area contributed by atoms with Crippen LogP contribution in [0.5, 0.6) is 0 Å². The van der Waals surface area contributed by atoms with Crippen LogP contribution in [0, 0.1) is 0 Å². The van der Waals surface area contributed by atoms with E-state index in [4.69, 9.17) is 10.3 Å². The van der Waals surface area contributed by atoms with Gasteiger partial charge < -0.3 is 10.3 Å². The van der Waals surface area contributed by atoms with Gasteiger partial charge in [-0.3, -0.25) is 0 Å². The quantitative estimate of drug-likeness (QED) is 0.849. The summed E-state index contributed by atoms with van der Waals surface area (Å²) in [7, 11) is 0. The minimum atomic E-state index is 0.369. The van der Waals surface area contributed by atoms with Crippen LogP contribution in [0.2, 0.25) is 0 Å². The Morgan fingerprint density at radius 2 is 2.00 bits per heavy atom. The molecule has 0 saturated heterocycles. The lowest BCUT2D eigenvalue weighted by Gasteiger charge is -2.09. The first-order chi connectivity index (χ1) is 7.77. The van der Waals surface area contributed by atoms with Crippen molar-refractivity contribution in [3.63, 3.8) is 0 Å². The van der Waals surface area contributed by atoms with E-state index in [9.17, 15) is 0 Å². The zero-order valence-corrected chi connectivity index (χ0v) is 10.7. The van der Waals surface area contributed by atoms with Gasteiger partial charge in [0.05, 0.1) is 11.8 Å². The topological polar surface area (TPSA) is 52.0 Å². The Balaban J connectivity index is 2.61. The molecule has 0 saturated carbocycles. The van der Waals surface area contributed by atoms with Crippen LogP contribution in [-0.4, -0.2) is 17.7 Å². The lowest BCUT2D eigenvalue weighted by molar-refractivity contribution is 0.436. The van der Waals surface area contributed by atoms with E-state index >= 15 is 0 Å². The Morgan fingerprint density at radius 1 is 1.19 bits per heavy atom. The molecule has 2 rings (SSSR count). The molecule has 1 aromatic carbocycles. The highest BCUT2D eigenvalue weighted by molar-refractivity contribution is 8.01. The van der Waals surface area contributed by atoms with Gasteiger partial charge in [0.2, 0.25) is 5.88 Å². The number of nitrogen functional groups attached to an aromatic ring is 1. The van der Waals surface area contributed by atoms with E-state index in [0.717, 1.165) is 11.1 Å². The number of anilines is 1. The standard InChI is InChI=1S/C11H12N2OS2/c1-15-9-5-3-4-7(10(9)16-2)8-6-13-14-11(8)12/h3-6H,12H2,1-2H3. The van der Waals surface area contributed by atoms with Crippen molar-refractivity contribution in [2.24, 2.45) is 0 Å². The minimum Gasteiger partial charge on any atom is -0.367 e. The van der Waals surface area contributed by atoms with Crippen molar-refractivity contribution in [2.75, 3.05) is 18.2 Å². The fourth-order valence-corrected chi connectivity index (χ4v) is 3.23. The number of nitrogens with two attached hydrogens (primary N) is 1. The van der Waals surface area contributed by atoms with Crippen LogP contribution >= 0.6 is 23.5 Å². The molecule has 16 heavy (non-hydrogen) atoms. The number of hydrogen-bond donors (Lipinski definition) is 1. The third-order valence-corrected chi connectivity index (χ3v) is 4.05. The summed E-state index contributed by atoms with van der Waals surface area (Å²) in [5, 5.41) is 3.71. The Morgan fingerprint density at radius 3 is 2.56 bits per heavy atom. The Bertz CT molecular complexity index is 496. The van der Waals surface area contributed by atoms with Crippen molar-refractivity contribution >= 4 is 29.4 Å². The molecule has 0 aliphatic rings. The Kier molecular flexibility index (Phi) is 3.46. The molecule has 0 atom stereocenters. The predicted octanol–water partition coefficient (Wildman–Crippen LogP) is 3.37. The Hall–Kier alpha value is -1.07.